The number of hydrogen-bond donors (Lipinski definition) is 2. The monoisotopic (exact) mass is 232 g/mol. The fourth-order valence-electron chi connectivity index (χ4n) is 2.27. The van der Waals surface area contributed by atoms with Crippen LogP contribution >= 0.6 is 0 Å². The van der Waals surface area contributed by atoms with E-state index in [0.29, 0.717) is 18.4 Å². The van der Waals surface area contributed by atoms with E-state index in [2.05, 4.69) is 34.9 Å². The fourth-order valence-corrected chi connectivity index (χ4v) is 2.27. The molecule has 0 saturated heterocycles. The molecule has 2 rings (SSSR count). The number of hydrogen-bond acceptors (Lipinski definition) is 2. The van der Waals surface area contributed by atoms with E-state index >= 15 is 0 Å². The van der Waals surface area contributed by atoms with Crippen LogP contribution in [0, 0.1) is 0 Å². The van der Waals surface area contributed by atoms with Crippen LogP contribution in [0.25, 0.3) is 0 Å². The Hall–Kier alpha value is -1.35. The van der Waals surface area contributed by atoms with Crippen molar-refractivity contribution in [2.24, 2.45) is 0 Å². The van der Waals surface area contributed by atoms with Crippen LogP contribution in [0.3, 0.4) is 0 Å². The number of benzene rings is 1. The molecular formula is C14H20N2O. The Morgan fingerprint density at radius 1 is 1.29 bits per heavy atom. The lowest BCUT2D eigenvalue weighted by Crippen LogP contribution is -2.43. The molecule has 1 aliphatic carbocycles. The summed E-state index contributed by atoms with van der Waals surface area (Å²) in [6.07, 6.45) is 2.73. The van der Waals surface area contributed by atoms with E-state index in [1.165, 1.54) is 5.56 Å². The van der Waals surface area contributed by atoms with Crippen LogP contribution < -0.4 is 10.6 Å². The minimum absolute atomic E-state index is 0.163. The van der Waals surface area contributed by atoms with E-state index in [-0.39, 0.29) is 5.91 Å². The number of rotatable bonds is 5. The number of nitrogens with one attached hydrogen (secondary N) is 2. The fraction of sp³-hybridized carbons (Fsp3) is 0.500. The summed E-state index contributed by atoms with van der Waals surface area (Å²) in [7, 11) is 1.86. The first-order valence-electron chi connectivity index (χ1n) is 6.28. The Morgan fingerprint density at radius 2 is 2.00 bits per heavy atom. The van der Waals surface area contributed by atoms with Crippen molar-refractivity contribution in [3.63, 3.8) is 0 Å². The van der Waals surface area contributed by atoms with Gasteiger partial charge in [-0.1, -0.05) is 30.3 Å². The molecule has 0 radical (unpaired) electrons. The highest BCUT2D eigenvalue weighted by Crippen LogP contribution is 2.36. The van der Waals surface area contributed by atoms with Gasteiger partial charge in [-0.25, -0.2) is 0 Å². The first-order chi connectivity index (χ1) is 8.29. The van der Waals surface area contributed by atoms with Crippen molar-refractivity contribution >= 4 is 5.91 Å². The quantitative estimate of drug-likeness (QED) is 0.810. The van der Waals surface area contributed by atoms with E-state index in [0.717, 1.165) is 19.4 Å². The van der Waals surface area contributed by atoms with Gasteiger partial charge in [-0.3, -0.25) is 4.79 Å². The summed E-state index contributed by atoms with van der Waals surface area (Å²) in [5.41, 5.74) is 1.40. The van der Waals surface area contributed by atoms with Crippen molar-refractivity contribution in [1.29, 1.82) is 0 Å². The smallest absolute Gasteiger partial charge is 0.221 e. The van der Waals surface area contributed by atoms with Gasteiger partial charge in [-0.15, -0.1) is 0 Å². The molecule has 0 atom stereocenters. The third-order valence-corrected chi connectivity index (χ3v) is 3.38. The zero-order valence-corrected chi connectivity index (χ0v) is 10.3. The van der Waals surface area contributed by atoms with E-state index in [9.17, 15) is 4.79 Å². The molecule has 17 heavy (non-hydrogen) atoms. The molecule has 1 amide bonds. The van der Waals surface area contributed by atoms with Gasteiger partial charge in [0, 0.05) is 19.0 Å². The van der Waals surface area contributed by atoms with Crippen molar-refractivity contribution < 1.29 is 4.79 Å². The van der Waals surface area contributed by atoms with Gasteiger partial charge in [-0.05, 0) is 31.4 Å². The second-order valence-electron chi connectivity index (χ2n) is 4.70. The average Bonchev–Trinajstić information content (AvgIpc) is 2.31. The number of carbonyl (C=O) groups is 1. The Morgan fingerprint density at radius 3 is 2.65 bits per heavy atom. The normalized spacial score (nSPS) is 22.9. The van der Waals surface area contributed by atoms with Crippen molar-refractivity contribution in [1.82, 2.24) is 10.6 Å². The minimum Gasteiger partial charge on any atom is -0.353 e. The molecule has 92 valence electrons. The first kappa shape index (κ1) is 12.1. The SMILES string of the molecule is CNCCC(=O)NC1CC(c2ccccc2)C1. The molecule has 1 aliphatic rings. The van der Waals surface area contributed by atoms with Gasteiger partial charge < -0.3 is 10.6 Å². The number of amides is 1. The highest BCUT2D eigenvalue weighted by molar-refractivity contribution is 5.76. The number of carbonyl (C=O) groups excluding carboxylic acids is 1. The van der Waals surface area contributed by atoms with Crippen LogP contribution in [0.1, 0.15) is 30.7 Å². The molecule has 2 N–H and O–H groups in total. The Balaban J connectivity index is 1.71. The molecule has 1 aromatic carbocycles. The molecule has 1 aromatic rings. The first-order valence-corrected chi connectivity index (χ1v) is 6.28. The molecule has 1 saturated carbocycles. The molecule has 3 nitrogen and oxygen atoms in total. The van der Waals surface area contributed by atoms with Crippen LogP contribution in [0.2, 0.25) is 0 Å². The van der Waals surface area contributed by atoms with Gasteiger partial charge in [0.25, 0.3) is 0 Å². The van der Waals surface area contributed by atoms with Crippen molar-refractivity contribution in [2.75, 3.05) is 13.6 Å². The van der Waals surface area contributed by atoms with E-state index < -0.39 is 0 Å². The lowest BCUT2D eigenvalue weighted by atomic mass is 9.76. The maximum absolute atomic E-state index is 11.5. The van der Waals surface area contributed by atoms with Gasteiger partial charge in [0.05, 0.1) is 0 Å². The third kappa shape index (κ3) is 3.30. The van der Waals surface area contributed by atoms with E-state index in [1.54, 1.807) is 0 Å². The summed E-state index contributed by atoms with van der Waals surface area (Å²) < 4.78 is 0. The van der Waals surface area contributed by atoms with Crippen molar-refractivity contribution in [3.05, 3.63) is 35.9 Å². The Labute approximate surface area is 103 Å². The molecule has 1 fully saturated rings. The van der Waals surface area contributed by atoms with Crippen LogP contribution in [0.5, 0.6) is 0 Å². The standard InChI is InChI=1S/C14H20N2O/c1-15-8-7-14(17)16-13-9-12(10-13)11-5-3-2-4-6-11/h2-6,12-13,15H,7-10H2,1H3,(H,16,17). The second-order valence-corrected chi connectivity index (χ2v) is 4.70. The Kier molecular flexibility index (Phi) is 4.15. The van der Waals surface area contributed by atoms with Crippen LogP contribution in [0.15, 0.2) is 30.3 Å². The molecule has 0 aromatic heterocycles. The predicted molar refractivity (Wildman–Crippen MR) is 68.9 cm³/mol. The zero-order valence-electron chi connectivity index (χ0n) is 10.3. The molecular weight excluding hydrogens is 212 g/mol. The summed E-state index contributed by atoms with van der Waals surface area (Å²) in [5.74, 6) is 0.793. The van der Waals surface area contributed by atoms with Crippen molar-refractivity contribution in [2.45, 2.75) is 31.2 Å². The molecule has 0 bridgehead atoms. The summed E-state index contributed by atoms with van der Waals surface area (Å²) in [4.78, 5) is 11.5. The van der Waals surface area contributed by atoms with E-state index in [1.807, 2.05) is 13.1 Å². The van der Waals surface area contributed by atoms with Crippen LogP contribution in [-0.2, 0) is 4.79 Å². The second kappa shape index (κ2) is 5.82. The maximum Gasteiger partial charge on any atom is 0.221 e. The van der Waals surface area contributed by atoms with Gasteiger partial charge in [0.2, 0.25) is 5.91 Å². The van der Waals surface area contributed by atoms with Crippen molar-refractivity contribution in [3.8, 4) is 0 Å². The minimum atomic E-state index is 0.163. The highest BCUT2D eigenvalue weighted by atomic mass is 16.1. The summed E-state index contributed by atoms with van der Waals surface area (Å²) in [5, 5.41) is 6.05. The predicted octanol–water partition coefficient (Wildman–Crippen LogP) is 1.66. The topological polar surface area (TPSA) is 41.1 Å². The van der Waals surface area contributed by atoms with Gasteiger partial charge >= 0.3 is 0 Å². The lowest BCUT2D eigenvalue weighted by molar-refractivity contribution is -0.122. The lowest BCUT2D eigenvalue weighted by Gasteiger charge is -2.36. The van der Waals surface area contributed by atoms with Gasteiger partial charge in [0.15, 0.2) is 0 Å². The highest BCUT2D eigenvalue weighted by Gasteiger charge is 2.30. The van der Waals surface area contributed by atoms with Crippen LogP contribution in [0.4, 0.5) is 0 Å². The summed E-state index contributed by atoms with van der Waals surface area (Å²) >= 11 is 0. The molecule has 0 aliphatic heterocycles. The summed E-state index contributed by atoms with van der Waals surface area (Å²) in [6.45, 7) is 0.751. The van der Waals surface area contributed by atoms with Gasteiger partial charge in [-0.2, -0.15) is 0 Å². The maximum atomic E-state index is 11.5. The molecule has 0 unspecified atom stereocenters. The average molecular weight is 232 g/mol. The third-order valence-electron chi connectivity index (χ3n) is 3.38. The molecule has 0 spiro atoms. The largest absolute Gasteiger partial charge is 0.353 e. The molecule has 0 heterocycles. The van der Waals surface area contributed by atoms with Crippen LogP contribution in [-0.4, -0.2) is 25.5 Å². The van der Waals surface area contributed by atoms with Gasteiger partial charge in [0.1, 0.15) is 0 Å². The Bertz CT molecular complexity index is 358. The van der Waals surface area contributed by atoms with E-state index in [4.69, 9.17) is 0 Å². The zero-order chi connectivity index (χ0) is 12.1. The summed E-state index contributed by atoms with van der Waals surface area (Å²) in [6, 6.07) is 10.9. The molecule has 3 heteroatoms.